The third-order valence-corrected chi connectivity index (χ3v) is 3.72. The molecule has 0 bridgehead atoms. The number of rotatable bonds is 3. The second-order valence-electron chi connectivity index (χ2n) is 5.09. The molecule has 1 aromatic rings. The number of nitrogens with zero attached hydrogens (tertiary/aromatic N) is 1. The maximum absolute atomic E-state index is 12.2. The summed E-state index contributed by atoms with van der Waals surface area (Å²) in [7, 11) is 0. The Hall–Kier alpha value is -3.62. The standard InChI is InChI=1S/C15H7NO8/c17-11-6-2-4(13(19)20)1-5(6)9-7(14(21)22)3-8(15(23)24)16-10(9)12(11)18/h2-3H,1H2,(H,19,20)(H,21,22)(H,23,24). The van der Waals surface area contributed by atoms with Crippen molar-refractivity contribution < 1.29 is 39.3 Å². The molecule has 0 radical (unpaired) electrons. The molecule has 0 aliphatic heterocycles. The quantitative estimate of drug-likeness (QED) is 0.667. The highest BCUT2D eigenvalue weighted by atomic mass is 16.4. The summed E-state index contributed by atoms with van der Waals surface area (Å²) in [5, 5.41) is 27.4. The van der Waals surface area contributed by atoms with Crippen LogP contribution in [0.5, 0.6) is 0 Å². The summed E-state index contributed by atoms with van der Waals surface area (Å²) in [6, 6.07) is 0.774. The smallest absolute Gasteiger partial charge is 0.354 e. The zero-order chi connectivity index (χ0) is 17.8. The van der Waals surface area contributed by atoms with Gasteiger partial charge in [-0.05, 0) is 17.7 Å². The molecule has 0 atom stereocenters. The number of aromatic carboxylic acids is 2. The number of carboxylic acids is 3. The Morgan fingerprint density at radius 2 is 1.62 bits per heavy atom. The van der Waals surface area contributed by atoms with E-state index >= 15 is 0 Å². The van der Waals surface area contributed by atoms with Crippen LogP contribution >= 0.6 is 0 Å². The summed E-state index contributed by atoms with van der Waals surface area (Å²) in [6.07, 6.45) is 0.767. The first-order valence-corrected chi connectivity index (χ1v) is 6.50. The van der Waals surface area contributed by atoms with Crippen molar-refractivity contribution in [2.45, 2.75) is 6.42 Å². The Kier molecular flexibility index (Phi) is 3.15. The molecule has 2 aliphatic carbocycles. The highest BCUT2D eigenvalue weighted by Crippen LogP contribution is 2.40. The molecule has 1 aromatic heterocycles. The predicted molar refractivity (Wildman–Crippen MR) is 74.7 cm³/mol. The number of hydrogen-bond donors (Lipinski definition) is 3. The van der Waals surface area contributed by atoms with E-state index in [1.54, 1.807) is 0 Å². The lowest BCUT2D eigenvalue weighted by Gasteiger charge is -2.18. The van der Waals surface area contributed by atoms with Gasteiger partial charge >= 0.3 is 17.9 Å². The van der Waals surface area contributed by atoms with Gasteiger partial charge in [0.2, 0.25) is 5.78 Å². The summed E-state index contributed by atoms with van der Waals surface area (Å²) in [5.74, 6) is -6.60. The summed E-state index contributed by atoms with van der Waals surface area (Å²) in [4.78, 5) is 61.5. The molecule has 0 saturated carbocycles. The number of carbonyl (C=O) groups excluding carboxylic acids is 2. The number of fused-ring (bicyclic) bond motifs is 2. The number of aromatic nitrogens is 1. The van der Waals surface area contributed by atoms with E-state index in [0.29, 0.717) is 0 Å². The number of hydrogen-bond acceptors (Lipinski definition) is 6. The van der Waals surface area contributed by atoms with Crippen LogP contribution in [0.2, 0.25) is 0 Å². The van der Waals surface area contributed by atoms with Gasteiger partial charge in [0.05, 0.1) is 5.56 Å². The van der Waals surface area contributed by atoms with Crippen molar-refractivity contribution in [3.05, 3.63) is 45.8 Å². The SMILES string of the molecule is O=C(O)C1=CC2=C(C1)c1c(C(=O)O)cc(C(=O)O)nc1C(=O)C2=O. The molecule has 3 N–H and O–H groups in total. The summed E-state index contributed by atoms with van der Waals surface area (Å²) in [5.41, 5.74) is -2.33. The molecule has 3 rings (SSSR count). The Morgan fingerprint density at radius 1 is 0.958 bits per heavy atom. The van der Waals surface area contributed by atoms with Crippen molar-refractivity contribution in [1.29, 1.82) is 0 Å². The number of ketones is 2. The summed E-state index contributed by atoms with van der Waals surface area (Å²) >= 11 is 0. The molecule has 9 heteroatoms. The van der Waals surface area contributed by atoms with Gasteiger partial charge < -0.3 is 15.3 Å². The largest absolute Gasteiger partial charge is 0.478 e. The molecule has 0 amide bonds. The lowest BCUT2D eigenvalue weighted by atomic mass is 9.85. The van der Waals surface area contributed by atoms with Crippen molar-refractivity contribution in [3.63, 3.8) is 0 Å². The van der Waals surface area contributed by atoms with Gasteiger partial charge in [-0.1, -0.05) is 0 Å². The number of carbonyl (C=O) groups is 5. The van der Waals surface area contributed by atoms with Crippen LogP contribution in [0.15, 0.2) is 23.3 Å². The third kappa shape index (κ3) is 2.02. The minimum atomic E-state index is -1.56. The van der Waals surface area contributed by atoms with Gasteiger partial charge in [0.1, 0.15) is 11.4 Å². The molecule has 1 heterocycles. The van der Waals surface area contributed by atoms with Crippen LogP contribution in [-0.2, 0) is 9.59 Å². The molecule has 0 fully saturated rings. The highest BCUT2D eigenvalue weighted by Gasteiger charge is 2.40. The van der Waals surface area contributed by atoms with Gasteiger partial charge in [0.25, 0.3) is 5.78 Å². The Morgan fingerprint density at radius 3 is 2.17 bits per heavy atom. The first-order valence-electron chi connectivity index (χ1n) is 6.50. The molecular weight excluding hydrogens is 322 g/mol. The maximum Gasteiger partial charge on any atom is 0.354 e. The minimum absolute atomic E-state index is 0.0499. The van der Waals surface area contributed by atoms with E-state index in [4.69, 9.17) is 10.2 Å². The topological polar surface area (TPSA) is 159 Å². The normalized spacial score (nSPS) is 15.8. The number of aliphatic carboxylic acids is 1. The summed E-state index contributed by atoms with van der Waals surface area (Å²) in [6.45, 7) is 0. The van der Waals surface area contributed by atoms with E-state index < -0.39 is 46.4 Å². The zero-order valence-electron chi connectivity index (χ0n) is 11.7. The van der Waals surface area contributed by atoms with E-state index in [1.165, 1.54) is 0 Å². The second-order valence-corrected chi connectivity index (χ2v) is 5.09. The monoisotopic (exact) mass is 329 g/mol. The van der Waals surface area contributed by atoms with Crippen molar-refractivity contribution >= 4 is 35.0 Å². The van der Waals surface area contributed by atoms with Gasteiger partial charge in [-0.25, -0.2) is 19.4 Å². The van der Waals surface area contributed by atoms with Crippen molar-refractivity contribution in [3.8, 4) is 0 Å². The van der Waals surface area contributed by atoms with Crippen LogP contribution in [0, 0.1) is 0 Å². The van der Waals surface area contributed by atoms with Gasteiger partial charge in [-0.2, -0.15) is 0 Å². The number of allylic oxidation sites excluding steroid dienone is 3. The van der Waals surface area contributed by atoms with Gasteiger partial charge in [-0.3, -0.25) is 9.59 Å². The fourth-order valence-corrected chi connectivity index (χ4v) is 2.68. The second kappa shape index (κ2) is 4.95. The first-order chi connectivity index (χ1) is 11.2. The Labute approximate surface area is 132 Å². The average molecular weight is 329 g/mol. The molecular formula is C15H7NO8. The molecule has 0 spiro atoms. The molecule has 0 aromatic carbocycles. The Bertz CT molecular complexity index is 950. The highest BCUT2D eigenvalue weighted by molar-refractivity contribution is 6.53. The molecule has 2 aliphatic rings. The Balaban J connectivity index is 2.33. The lowest BCUT2D eigenvalue weighted by Crippen LogP contribution is -2.26. The molecule has 9 nitrogen and oxygen atoms in total. The fraction of sp³-hybridized carbons (Fsp3) is 0.0667. The van der Waals surface area contributed by atoms with Crippen LogP contribution in [0.25, 0.3) is 5.57 Å². The number of carboxylic acid groups (broad SMARTS) is 3. The molecule has 0 unspecified atom stereocenters. The molecule has 120 valence electrons. The van der Waals surface area contributed by atoms with Crippen LogP contribution in [-0.4, -0.2) is 49.8 Å². The van der Waals surface area contributed by atoms with Crippen molar-refractivity contribution in [2.75, 3.05) is 0 Å². The van der Waals surface area contributed by atoms with Gasteiger partial charge in [0, 0.05) is 23.1 Å². The number of pyridine rings is 1. The molecule has 24 heavy (non-hydrogen) atoms. The lowest BCUT2D eigenvalue weighted by molar-refractivity contribution is -0.132. The van der Waals surface area contributed by atoms with E-state index in [-0.39, 0.29) is 28.7 Å². The predicted octanol–water partition coefficient (Wildman–Crippen LogP) is 0.412. The van der Waals surface area contributed by atoms with Crippen LogP contribution < -0.4 is 0 Å². The van der Waals surface area contributed by atoms with E-state index in [9.17, 15) is 29.1 Å². The van der Waals surface area contributed by atoms with Gasteiger partial charge in [-0.15, -0.1) is 0 Å². The third-order valence-electron chi connectivity index (χ3n) is 3.72. The van der Waals surface area contributed by atoms with Crippen molar-refractivity contribution in [1.82, 2.24) is 4.98 Å². The molecule has 0 saturated heterocycles. The van der Waals surface area contributed by atoms with E-state index in [2.05, 4.69) is 4.98 Å². The van der Waals surface area contributed by atoms with E-state index in [0.717, 1.165) is 12.1 Å². The maximum atomic E-state index is 12.2. The van der Waals surface area contributed by atoms with Crippen LogP contribution in [0.3, 0.4) is 0 Å². The van der Waals surface area contributed by atoms with Crippen LogP contribution in [0.1, 0.15) is 43.3 Å². The number of Topliss-reactive ketones (excluding diaryl/α,β-unsaturated/α-hetero) is 2. The first kappa shape index (κ1) is 15.3. The van der Waals surface area contributed by atoms with Crippen molar-refractivity contribution in [2.24, 2.45) is 0 Å². The zero-order valence-corrected chi connectivity index (χ0v) is 11.7. The summed E-state index contributed by atoms with van der Waals surface area (Å²) < 4.78 is 0. The van der Waals surface area contributed by atoms with Crippen LogP contribution in [0.4, 0.5) is 0 Å². The minimum Gasteiger partial charge on any atom is -0.478 e. The fourth-order valence-electron chi connectivity index (χ4n) is 2.68. The average Bonchev–Trinajstić information content (AvgIpc) is 2.96. The van der Waals surface area contributed by atoms with Gasteiger partial charge in [0.15, 0.2) is 0 Å². The van der Waals surface area contributed by atoms with E-state index in [1.807, 2.05) is 0 Å².